The van der Waals surface area contributed by atoms with Crippen molar-refractivity contribution >= 4 is 0 Å². The number of aliphatic hydroxyl groups is 1. The van der Waals surface area contributed by atoms with Crippen LogP contribution in [0.3, 0.4) is 0 Å². The van der Waals surface area contributed by atoms with E-state index in [9.17, 15) is 0 Å². The van der Waals surface area contributed by atoms with Gasteiger partial charge in [0, 0.05) is 16.8 Å². The number of hydrogen-bond acceptors (Lipinski definition) is 2. The van der Waals surface area contributed by atoms with Crippen molar-refractivity contribution in [1.82, 2.24) is 9.78 Å². The van der Waals surface area contributed by atoms with Gasteiger partial charge in [-0.1, -0.05) is 30.3 Å². The van der Waals surface area contributed by atoms with Crippen LogP contribution < -0.4 is 0 Å². The molecule has 0 saturated carbocycles. The van der Waals surface area contributed by atoms with Crippen molar-refractivity contribution in [3.05, 3.63) is 41.6 Å². The lowest BCUT2D eigenvalue weighted by molar-refractivity contribution is 0.267. The summed E-state index contributed by atoms with van der Waals surface area (Å²) in [6, 6.07) is 10.3. The minimum absolute atomic E-state index is 0.155. The molecule has 1 heterocycles. The zero-order valence-corrected chi connectivity index (χ0v) is 9.76. The first-order chi connectivity index (χ1) is 8.40. The van der Waals surface area contributed by atoms with Crippen LogP contribution in [0.2, 0.25) is 0 Å². The number of rotatable bonds is 3. The average Bonchev–Trinajstić information content (AvgIpc) is 2.94. The second-order valence-corrected chi connectivity index (χ2v) is 4.44. The summed E-state index contributed by atoms with van der Waals surface area (Å²) in [7, 11) is 0. The number of benzene rings is 1. The number of nitrogens with zero attached hydrogens (tertiary/aromatic N) is 2. The molecule has 1 aromatic heterocycles. The summed E-state index contributed by atoms with van der Waals surface area (Å²) < 4.78 is 1.98. The van der Waals surface area contributed by atoms with Crippen molar-refractivity contribution in [2.75, 3.05) is 6.61 Å². The summed E-state index contributed by atoms with van der Waals surface area (Å²) in [5.41, 5.74) is 4.98. The molecule has 0 radical (unpaired) electrons. The lowest BCUT2D eigenvalue weighted by Gasteiger charge is -2.01. The van der Waals surface area contributed by atoms with Gasteiger partial charge in [0.2, 0.25) is 0 Å². The fourth-order valence-electron chi connectivity index (χ4n) is 2.62. The van der Waals surface area contributed by atoms with Gasteiger partial charge in [0.25, 0.3) is 0 Å². The molecular formula is C14H16N2O. The predicted octanol–water partition coefficient (Wildman–Crippen LogP) is 2.03. The molecule has 1 aliphatic rings. The first kappa shape index (κ1) is 10.5. The van der Waals surface area contributed by atoms with Gasteiger partial charge in [-0.25, -0.2) is 0 Å². The van der Waals surface area contributed by atoms with Gasteiger partial charge in [0.1, 0.15) is 0 Å². The number of aliphatic hydroxyl groups excluding tert-OH is 1. The van der Waals surface area contributed by atoms with E-state index in [0.717, 1.165) is 18.5 Å². The Kier molecular flexibility index (Phi) is 2.69. The molecule has 0 fully saturated rings. The van der Waals surface area contributed by atoms with E-state index in [4.69, 9.17) is 5.11 Å². The van der Waals surface area contributed by atoms with Crippen LogP contribution in [0.4, 0.5) is 0 Å². The maximum absolute atomic E-state index is 9.07. The van der Waals surface area contributed by atoms with Crippen molar-refractivity contribution in [2.24, 2.45) is 0 Å². The number of hydrogen-bond donors (Lipinski definition) is 1. The molecule has 2 aromatic rings. The third-order valence-electron chi connectivity index (χ3n) is 3.37. The van der Waals surface area contributed by atoms with Gasteiger partial charge >= 0.3 is 0 Å². The lowest BCUT2D eigenvalue weighted by atomic mass is 10.1. The van der Waals surface area contributed by atoms with Crippen LogP contribution in [-0.2, 0) is 19.4 Å². The predicted molar refractivity (Wildman–Crippen MR) is 66.8 cm³/mol. The molecule has 1 aliphatic carbocycles. The quantitative estimate of drug-likeness (QED) is 0.873. The lowest BCUT2D eigenvalue weighted by Crippen LogP contribution is -2.07. The highest BCUT2D eigenvalue weighted by atomic mass is 16.3. The highest BCUT2D eigenvalue weighted by molar-refractivity contribution is 5.64. The van der Waals surface area contributed by atoms with E-state index >= 15 is 0 Å². The van der Waals surface area contributed by atoms with E-state index in [-0.39, 0.29) is 6.61 Å². The third kappa shape index (κ3) is 1.76. The molecule has 3 heteroatoms. The van der Waals surface area contributed by atoms with E-state index in [0.29, 0.717) is 6.54 Å². The SMILES string of the molecule is OCCn1nc(-c2ccccc2)c2c1CCC2. The molecule has 0 amide bonds. The van der Waals surface area contributed by atoms with Gasteiger partial charge in [0.15, 0.2) is 0 Å². The van der Waals surface area contributed by atoms with Crippen LogP contribution in [0.25, 0.3) is 11.3 Å². The Hall–Kier alpha value is -1.61. The van der Waals surface area contributed by atoms with Crippen LogP contribution in [-0.4, -0.2) is 21.5 Å². The van der Waals surface area contributed by atoms with Crippen LogP contribution in [0, 0.1) is 0 Å². The van der Waals surface area contributed by atoms with Crippen LogP contribution in [0.5, 0.6) is 0 Å². The largest absolute Gasteiger partial charge is 0.394 e. The summed E-state index contributed by atoms with van der Waals surface area (Å²) in [6.45, 7) is 0.761. The molecule has 0 bridgehead atoms. The molecule has 1 N–H and O–H groups in total. The van der Waals surface area contributed by atoms with Crippen molar-refractivity contribution in [3.63, 3.8) is 0 Å². The van der Waals surface area contributed by atoms with Crippen molar-refractivity contribution < 1.29 is 5.11 Å². The van der Waals surface area contributed by atoms with Crippen molar-refractivity contribution in [3.8, 4) is 11.3 Å². The fourth-order valence-corrected chi connectivity index (χ4v) is 2.62. The highest BCUT2D eigenvalue weighted by Crippen LogP contribution is 2.31. The Labute approximate surface area is 101 Å². The Balaban J connectivity index is 2.09. The van der Waals surface area contributed by atoms with Gasteiger partial charge in [-0.05, 0) is 19.3 Å². The van der Waals surface area contributed by atoms with E-state index in [1.165, 1.54) is 23.2 Å². The summed E-state index contributed by atoms with van der Waals surface area (Å²) in [5.74, 6) is 0. The van der Waals surface area contributed by atoms with Gasteiger partial charge in [-0.2, -0.15) is 5.10 Å². The minimum atomic E-state index is 0.155. The molecule has 0 saturated heterocycles. The summed E-state index contributed by atoms with van der Waals surface area (Å²) in [5, 5.41) is 13.7. The van der Waals surface area contributed by atoms with Gasteiger partial charge < -0.3 is 5.11 Å². The van der Waals surface area contributed by atoms with E-state index in [2.05, 4.69) is 17.2 Å². The maximum Gasteiger partial charge on any atom is 0.0958 e. The third-order valence-corrected chi connectivity index (χ3v) is 3.37. The van der Waals surface area contributed by atoms with E-state index in [1.54, 1.807) is 0 Å². The monoisotopic (exact) mass is 228 g/mol. The Morgan fingerprint density at radius 1 is 1.18 bits per heavy atom. The Morgan fingerprint density at radius 2 is 2.00 bits per heavy atom. The summed E-state index contributed by atoms with van der Waals surface area (Å²) in [6.07, 6.45) is 3.42. The zero-order chi connectivity index (χ0) is 11.7. The molecule has 0 atom stereocenters. The van der Waals surface area contributed by atoms with Crippen LogP contribution >= 0.6 is 0 Å². The first-order valence-electron chi connectivity index (χ1n) is 6.15. The molecule has 0 spiro atoms. The average molecular weight is 228 g/mol. The summed E-state index contributed by atoms with van der Waals surface area (Å²) >= 11 is 0. The minimum Gasteiger partial charge on any atom is -0.394 e. The molecule has 3 rings (SSSR count). The molecule has 1 aromatic carbocycles. The van der Waals surface area contributed by atoms with E-state index < -0.39 is 0 Å². The molecule has 17 heavy (non-hydrogen) atoms. The van der Waals surface area contributed by atoms with Gasteiger partial charge in [-0.3, -0.25) is 4.68 Å². The second kappa shape index (κ2) is 4.34. The topological polar surface area (TPSA) is 38.0 Å². The Bertz CT molecular complexity index is 517. The van der Waals surface area contributed by atoms with Crippen LogP contribution in [0.1, 0.15) is 17.7 Å². The van der Waals surface area contributed by atoms with Gasteiger partial charge in [0.05, 0.1) is 18.8 Å². The normalized spacial score (nSPS) is 13.9. The maximum atomic E-state index is 9.07. The number of aromatic nitrogens is 2. The van der Waals surface area contributed by atoms with Crippen LogP contribution in [0.15, 0.2) is 30.3 Å². The molecule has 0 aliphatic heterocycles. The molecule has 88 valence electrons. The zero-order valence-electron chi connectivity index (χ0n) is 9.76. The smallest absolute Gasteiger partial charge is 0.0958 e. The van der Waals surface area contributed by atoms with Crippen molar-refractivity contribution in [1.29, 1.82) is 0 Å². The summed E-state index contributed by atoms with van der Waals surface area (Å²) in [4.78, 5) is 0. The van der Waals surface area contributed by atoms with E-state index in [1.807, 2.05) is 22.9 Å². The Morgan fingerprint density at radius 3 is 2.76 bits per heavy atom. The fraction of sp³-hybridized carbons (Fsp3) is 0.357. The molecule has 0 unspecified atom stereocenters. The second-order valence-electron chi connectivity index (χ2n) is 4.44. The first-order valence-corrected chi connectivity index (χ1v) is 6.15. The van der Waals surface area contributed by atoms with Gasteiger partial charge in [-0.15, -0.1) is 0 Å². The number of fused-ring (bicyclic) bond motifs is 1. The van der Waals surface area contributed by atoms with Crippen molar-refractivity contribution in [2.45, 2.75) is 25.8 Å². The standard InChI is InChI=1S/C14H16N2O/c17-10-9-16-13-8-4-7-12(13)14(15-16)11-5-2-1-3-6-11/h1-3,5-6,17H,4,7-10H2. The molecular weight excluding hydrogens is 212 g/mol. The molecule has 3 nitrogen and oxygen atoms in total. The highest BCUT2D eigenvalue weighted by Gasteiger charge is 2.22.